The molecular formula is C15H12ClN3O. The first-order valence-corrected chi connectivity index (χ1v) is 6.59. The number of halogens is 1. The molecule has 0 saturated heterocycles. The van der Waals surface area contributed by atoms with Crippen LogP contribution in [-0.4, -0.2) is 14.5 Å². The average molecular weight is 286 g/mol. The minimum Gasteiger partial charge on any atom is -0.292 e. The Kier molecular flexibility index (Phi) is 3.24. The number of nitrogens with zero attached hydrogens (tertiary/aromatic N) is 3. The number of fused-ring (bicyclic) bond motifs is 1. The Balaban J connectivity index is 2.03. The smallest absolute Gasteiger partial charge is 0.255 e. The lowest BCUT2D eigenvalue weighted by Gasteiger charge is -2.09. The number of pyridine rings is 1. The Hall–Kier alpha value is -2.20. The van der Waals surface area contributed by atoms with Gasteiger partial charge in [0.1, 0.15) is 11.0 Å². The van der Waals surface area contributed by atoms with Crippen molar-refractivity contribution in [3.8, 4) is 0 Å². The molecule has 0 unspecified atom stereocenters. The number of benzene rings is 1. The molecular weight excluding hydrogens is 274 g/mol. The van der Waals surface area contributed by atoms with Crippen LogP contribution in [0.4, 0.5) is 0 Å². The van der Waals surface area contributed by atoms with Crippen molar-refractivity contribution in [2.75, 3.05) is 0 Å². The molecule has 100 valence electrons. The zero-order chi connectivity index (χ0) is 14.1. The molecule has 0 aliphatic rings. The zero-order valence-corrected chi connectivity index (χ0v) is 11.6. The summed E-state index contributed by atoms with van der Waals surface area (Å²) in [6.07, 6.45) is 1.76. The highest BCUT2D eigenvalue weighted by Crippen LogP contribution is 2.14. The molecule has 1 aromatic carbocycles. The van der Waals surface area contributed by atoms with Crippen LogP contribution in [0, 0.1) is 6.92 Å². The molecule has 0 saturated carbocycles. The molecule has 3 aromatic rings. The molecule has 3 rings (SSSR count). The number of hydrogen-bond acceptors (Lipinski definition) is 3. The summed E-state index contributed by atoms with van der Waals surface area (Å²) in [6.45, 7) is 2.25. The third-order valence-corrected chi connectivity index (χ3v) is 3.37. The lowest BCUT2D eigenvalue weighted by molar-refractivity contribution is 0.701. The fourth-order valence-corrected chi connectivity index (χ4v) is 2.40. The molecule has 0 fully saturated rings. The van der Waals surface area contributed by atoms with Crippen LogP contribution in [0.1, 0.15) is 11.4 Å². The Labute approximate surface area is 120 Å². The van der Waals surface area contributed by atoms with Crippen molar-refractivity contribution >= 4 is 22.5 Å². The number of hydrogen-bond donors (Lipinski definition) is 0. The predicted molar refractivity (Wildman–Crippen MR) is 79.1 cm³/mol. The van der Waals surface area contributed by atoms with Gasteiger partial charge in [-0.1, -0.05) is 23.7 Å². The SMILES string of the molecule is Cc1nc(Cl)cc(=O)n1Cc1ccc2ncccc2c1. The van der Waals surface area contributed by atoms with Gasteiger partial charge in [-0.05, 0) is 30.7 Å². The normalized spacial score (nSPS) is 10.9. The van der Waals surface area contributed by atoms with E-state index in [-0.39, 0.29) is 10.7 Å². The van der Waals surface area contributed by atoms with Crippen LogP contribution in [0.15, 0.2) is 47.4 Å². The number of aryl methyl sites for hydroxylation is 1. The molecule has 0 spiro atoms. The van der Waals surface area contributed by atoms with Crippen LogP contribution in [0.25, 0.3) is 10.9 Å². The highest BCUT2D eigenvalue weighted by Gasteiger charge is 2.05. The highest BCUT2D eigenvalue weighted by molar-refractivity contribution is 6.29. The highest BCUT2D eigenvalue weighted by atomic mass is 35.5. The van der Waals surface area contributed by atoms with E-state index in [9.17, 15) is 4.79 Å². The molecule has 0 atom stereocenters. The van der Waals surface area contributed by atoms with Crippen LogP contribution in [0.3, 0.4) is 0 Å². The molecule has 20 heavy (non-hydrogen) atoms. The van der Waals surface area contributed by atoms with Gasteiger partial charge in [0.25, 0.3) is 5.56 Å². The third kappa shape index (κ3) is 2.42. The largest absolute Gasteiger partial charge is 0.292 e. The van der Waals surface area contributed by atoms with Gasteiger partial charge in [-0.25, -0.2) is 4.98 Å². The van der Waals surface area contributed by atoms with E-state index in [1.807, 2.05) is 30.3 Å². The minimum atomic E-state index is -0.145. The fourth-order valence-electron chi connectivity index (χ4n) is 2.18. The Bertz CT molecular complexity index is 842. The second kappa shape index (κ2) is 5.06. The second-order valence-electron chi connectivity index (χ2n) is 4.58. The maximum atomic E-state index is 12.0. The van der Waals surface area contributed by atoms with E-state index in [1.54, 1.807) is 17.7 Å². The minimum absolute atomic E-state index is 0.145. The summed E-state index contributed by atoms with van der Waals surface area (Å²) in [4.78, 5) is 20.3. The van der Waals surface area contributed by atoms with Gasteiger partial charge in [0.2, 0.25) is 0 Å². The van der Waals surface area contributed by atoms with Crippen molar-refractivity contribution in [3.63, 3.8) is 0 Å². The molecule has 0 aliphatic heterocycles. The van der Waals surface area contributed by atoms with Gasteiger partial charge in [0, 0.05) is 17.6 Å². The van der Waals surface area contributed by atoms with Crippen LogP contribution < -0.4 is 5.56 Å². The fraction of sp³-hybridized carbons (Fsp3) is 0.133. The average Bonchev–Trinajstić information content (AvgIpc) is 2.42. The van der Waals surface area contributed by atoms with E-state index < -0.39 is 0 Å². The topological polar surface area (TPSA) is 47.8 Å². The lowest BCUT2D eigenvalue weighted by Crippen LogP contribution is -2.23. The number of rotatable bonds is 2. The monoisotopic (exact) mass is 285 g/mol. The molecule has 2 aromatic heterocycles. The van der Waals surface area contributed by atoms with Crippen LogP contribution >= 0.6 is 11.6 Å². The quantitative estimate of drug-likeness (QED) is 0.680. The van der Waals surface area contributed by atoms with Gasteiger partial charge in [-0.15, -0.1) is 0 Å². The first-order valence-electron chi connectivity index (χ1n) is 6.21. The molecule has 0 N–H and O–H groups in total. The molecule has 2 heterocycles. The summed E-state index contributed by atoms with van der Waals surface area (Å²) in [5, 5.41) is 1.28. The van der Waals surface area contributed by atoms with E-state index in [4.69, 9.17) is 11.6 Å². The molecule has 0 radical (unpaired) electrons. The van der Waals surface area contributed by atoms with Crippen LogP contribution in [-0.2, 0) is 6.54 Å². The zero-order valence-electron chi connectivity index (χ0n) is 10.9. The summed E-state index contributed by atoms with van der Waals surface area (Å²) in [5.41, 5.74) is 1.82. The van der Waals surface area contributed by atoms with Crippen LogP contribution in [0.5, 0.6) is 0 Å². The summed E-state index contributed by atoms with van der Waals surface area (Å²) in [6, 6.07) is 11.2. The predicted octanol–water partition coefficient (Wildman–Crippen LogP) is 2.80. The second-order valence-corrected chi connectivity index (χ2v) is 4.97. The van der Waals surface area contributed by atoms with Gasteiger partial charge in [-0.3, -0.25) is 14.3 Å². The summed E-state index contributed by atoms with van der Waals surface area (Å²) >= 11 is 5.77. The molecule has 4 nitrogen and oxygen atoms in total. The maximum Gasteiger partial charge on any atom is 0.255 e. The van der Waals surface area contributed by atoms with E-state index in [0.29, 0.717) is 12.4 Å². The van der Waals surface area contributed by atoms with Gasteiger partial charge < -0.3 is 0 Å². The Morgan fingerprint density at radius 1 is 1.25 bits per heavy atom. The lowest BCUT2D eigenvalue weighted by atomic mass is 10.1. The Morgan fingerprint density at radius 3 is 2.90 bits per heavy atom. The first kappa shape index (κ1) is 12.8. The van der Waals surface area contributed by atoms with Gasteiger partial charge >= 0.3 is 0 Å². The summed E-state index contributed by atoms with van der Waals surface area (Å²) in [7, 11) is 0. The molecule has 0 bridgehead atoms. The molecule has 0 amide bonds. The summed E-state index contributed by atoms with van der Waals surface area (Å²) in [5.74, 6) is 0.605. The van der Waals surface area contributed by atoms with Crippen molar-refractivity contribution in [1.29, 1.82) is 0 Å². The van der Waals surface area contributed by atoms with E-state index in [0.717, 1.165) is 16.5 Å². The van der Waals surface area contributed by atoms with E-state index in [2.05, 4.69) is 9.97 Å². The number of aromatic nitrogens is 3. The third-order valence-electron chi connectivity index (χ3n) is 3.18. The molecule has 5 heteroatoms. The van der Waals surface area contributed by atoms with Gasteiger partial charge in [0.15, 0.2) is 0 Å². The van der Waals surface area contributed by atoms with Crippen molar-refractivity contribution in [3.05, 3.63) is 69.5 Å². The molecule has 0 aliphatic carbocycles. The van der Waals surface area contributed by atoms with Gasteiger partial charge in [-0.2, -0.15) is 0 Å². The van der Waals surface area contributed by atoms with Crippen LogP contribution in [0.2, 0.25) is 5.15 Å². The Morgan fingerprint density at radius 2 is 2.10 bits per heavy atom. The van der Waals surface area contributed by atoms with Gasteiger partial charge in [0.05, 0.1) is 12.1 Å². The van der Waals surface area contributed by atoms with Crippen molar-refractivity contribution in [2.24, 2.45) is 0 Å². The van der Waals surface area contributed by atoms with E-state index >= 15 is 0 Å². The van der Waals surface area contributed by atoms with Crippen molar-refractivity contribution < 1.29 is 0 Å². The van der Waals surface area contributed by atoms with Crippen molar-refractivity contribution in [2.45, 2.75) is 13.5 Å². The summed E-state index contributed by atoms with van der Waals surface area (Å²) < 4.78 is 1.60. The standard InChI is InChI=1S/C15H12ClN3O/c1-10-18-14(16)8-15(20)19(10)9-11-4-5-13-12(7-11)3-2-6-17-13/h2-8H,9H2,1H3. The van der Waals surface area contributed by atoms with E-state index in [1.165, 1.54) is 6.07 Å². The first-order chi connectivity index (χ1) is 9.63. The maximum absolute atomic E-state index is 12.0. The van der Waals surface area contributed by atoms with Crippen molar-refractivity contribution in [1.82, 2.24) is 14.5 Å².